The van der Waals surface area contributed by atoms with Gasteiger partial charge in [-0.25, -0.2) is 13.1 Å². The Kier molecular flexibility index (Phi) is 8.77. The van der Waals surface area contributed by atoms with E-state index in [1.54, 1.807) is 0 Å². The topological polar surface area (TPSA) is 61.4 Å². The van der Waals surface area contributed by atoms with E-state index >= 15 is 0 Å². The van der Waals surface area contributed by atoms with Crippen LogP contribution in [0.4, 0.5) is 0 Å². The number of likely N-dealkylation sites (N-methyl/N-ethyl adjacent to an activating group) is 1. The van der Waals surface area contributed by atoms with Gasteiger partial charge < -0.3 is 10.2 Å². The van der Waals surface area contributed by atoms with Gasteiger partial charge in [0.05, 0.1) is 5.75 Å². The van der Waals surface area contributed by atoms with Gasteiger partial charge in [-0.1, -0.05) is 13.8 Å². The first-order chi connectivity index (χ1) is 8.26. The van der Waals surface area contributed by atoms with Gasteiger partial charge >= 0.3 is 0 Å². The largest absolute Gasteiger partial charge is 0.320 e. The summed E-state index contributed by atoms with van der Waals surface area (Å²) in [6, 6.07) is -0.000384. The fraction of sp³-hybridized carbons (Fsp3) is 1.00. The van der Waals surface area contributed by atoms with Crippen molar-refractivity contribution in [2.45, 2.75) is 32.7 Å². The summed E-state index contributed by atoms with van der Waals surface area (Å²) in [5.41, 5.74) is 0. The lowest BCUT2D eigenvalue weighted by Crippen LogP contribution is -2.43. The zero-order valence-corrected chi connectivity index (χ0v) is 13.2. The van der Waals surface area contributed by atoms with E-state index in [2.05, 4.69) is 23.9 Å². The predicted molar refractivity (Wildman–Crippen MR) is 77.3 cm³/mol. The van der Waals surface area contributed by atoms with E-state index in [0.29, 0.717) is 12.3 Å². The van der Waals surface area contributed by atoms with Crippen molar-refractivity contribution in [2.75, 3.05) is 40.0 Å². The molecule has 0 rings (SSSR count). The fourth-order valence-electron chi connectivity index (χ4n) is 1.92. The quantitative estimate of drug-likeness (QED) is 0.572. The fourth-order valence-corrected chi connectivity index (χ4v) is 3.24. The van der Waals surface area contributed by atoms with Crippen molar-refractivity contribution in [3.05, 3.63) is 0 Å². The van der Waals surface area contributed by atoms with Crippen LogP contribution >= 0.6 is 0 Å². The first-order valence-electron chi connectivity index (χ1n) is 6.56. The summed E-state index contributed by atoms with van der Waals surface area (Å²) in [4.78, 5) is 2.02. The van der Waals surface area contributed by atoms with Crippen molar-refractivity contribution in [1.82, 2.24) is 14.9 Å². The Hall–Kier alpha value is -0.170. The van der Waals surface area contributed by atoms with E-state index in [0.717, 1.165) is 19.5 Å². The van der Waals surface area contributed by atoms with Gasteiger partial charge in [-0.2, -0.15) is 0 Å². The number of hydrogen-bond acceptors (Lipinski definition) is 4. The summed E-state index contributed by atoms with van der Waals surface area (Å²) in [6.07, 6.45) is 1.51. The van der Waals surface area contributed by atoms with Gasteiger partial charge in [0.25, 0.3) is 0 Å². The summed E-state index contributed by atoms with van der Waals surface area (Å²) in [6.45, 7) is 5.68. The van der Waals surface area contributed by atoms with Gasteiger partial charge in [0.2, 0.25) is 10.0 Å². The molecule has 0 aliphatic carbocycles. The molecule has 1 unspecified atom stereocenters. The molecule has 0 spiro atoms. The van der Waals surface area contributed by atoms with Gasteiger partial charge in [0, 0.05) is 12.6 Å². The summed E-state index contributed by atoms with van der Waals surface area (Å²) >= 11 is 0. The Balaban J connectivity index is 4.35. The van der Waals surface area contributed by atoms with E-state index in [-0.39, 0.29) is 11.8 Å². The van der Waals surface area contributed by atoms with Gasteiger partial charge in [-0.05, 0) is 46.4 Å². The molecule has 0 aromatic heterocycles. The normalized spacial score (nSPS) is 14.4. The minimum atomic E-state index is -3.16. The maximum absolute atomic E-state index is 11.9. The molecule has 0 saturated heterocycles. The predicted octanol–water partition coefficient (Wildman–Crippen LogP) is 0.492. The Morgan fingerprint density at radius 1 is 1.22 bits per heavy atom. The number of nitrogens with zero attached hydrogens (tertiary/aromatic N) is 1. The minimum absolute atomic E-state index is 0.000384. The van der Waals surface area contributed by atoms with Gasteiger partial charge in [0.1, 0.15) is 0 Å². The van der Waals surface area contributed by atoms with E-state index in [4.69, 9.17) is 0 Å². The van der Waals surface area contributed by atoms with Crippen molar-refractivity contribution in [2.24, 2.45) is 5.92 Å². The molecule has 0 aliphatic heterocycles. The standard InChI is InChI=1S/C12H29N3O2S/c1-11(2)9-12(10-15(4)5)14-18(16,17)8-6-7-13-3/h11-14H,6-10H2,1-5H3. The average Bonchev–Trinajstić information content (AvgIpc) is 2.14. The van der Waals surface area contributed by atoms with E-state index in [1.807, 2.05) is 26.0 Å². The molecule has 0 aromatic carbocycles. The van der Waals surface area contributed by atoms with Crippen LogP contribution in [-0.4, -0.2) is 59.3 Å². The molecule has 0 heterocycles. The van der Waals surface area contributed by atoms with E-state index in [1.165, 1.54) is 0 Å². The molecular weight excluding hydrogens is 250 g/mol. The SMILES string of the molecule is CNCCCS(=O)(=O)NC(CC(C)C)CN(C)C. The van der Waals surface area contributed by atoms with Crippen LogP contribution in [-0.2, 0) is 10.0 Å². The molecule has 1 atom stereocenters. The molecule has 0 amide bonds. The highest BCUT2D eigenvalue weighted by Crippen LogP contribution is 2.07. The second-order valence-electron chi connectivity index (χ2n) is 5.48. The monoisotopic (exact) mass is 279 g/mol. The van der Waals surface area contributed by atoms with Crippen molar-refractivity contribution in [1.29, 1.82) is 0 Å². The Bertz CT molecular complexity index is 292. The van der Waals surface area contributed by atoms with Crippen LogP contribution in [0.25, 0.3) is 0 Å². The lowest BCUT2D eigenvalue weighted by Gasteiger charge is -2.23. The molecule has 0 bridgehead atoms. The molecule has 0 radical (unpaired) electrons. The van der Waals surface area contributed by atoms with Crippen molar-refractivity contribution < 1.29 is 8.42 Å². The van der Waals surface area contributed by atoms with Crippen LogP contribution in [0.5, 0.6) is 0 Å². The Morgan fingerprint density at radius 2 is 1.83 bits per heavy atom. The second-order valence-corrected chi connectivity index (χ2v) is 7.36. The maximum Gasteiger partial charge on any atom is 0.211 e. The Labute approximate surface area is 112 Å². The highest BCUT2D eigenvalue weighted by atomic mass is 32.2. The van der Waals surface area contributed by atoms with Crippen molar-refractivity contribution >= 4 is 10.0 Å². The van der Waals surface area contributed by atoms with Crippen molar-refractivity contribution in [3.8, 4) is 0 Å². The zero-order chi connectivity index (χ0) is 14.2. The highest BCUT2D eigenvalue weighted by Gasteiger charge is 2.19. The number of rotatable bonds is 10. The zero-order valence-electron chi connectivity index (χ0n) is 12.4. The summed E-state index contributed by atoms with van der Waals surface area (Å²) in [7, 11) is 2.59. The van der Waals surface area contributed by atoms with Crippen LogP contribution in [0.1, 0.15) is 26.7 Å². The molecule has 0 fully saturated rings. The smallest absolute Gasteiger partial charge is 0.211 e. The third kappa shape index (κ3) is 9.82. The van der Waals surface area contributed by atoms with Crippen LogP contribution in [0.2, 0.25) is 0 Å². The molecule has 0 aliphatic rings. The lowest BCUT2D eigenvalue weighted by atomic mass is 10.0. The van der Waals surface area contributed by atoms with E-state index < -0.39 is 10.0 Å². The summed E-state index contributed by atoms with van der Waals surface area (Å²) in [5.74, 6) is 0.672. The van der Waals surface area contributed by atoms with Gasteiger partial charge in [-0.3, -0.25) is 0 Å². The molecule has 5 nitrogen and oxygen atoms in total. The van der Waals surface area contributed by atoms with Crippen LogP contribution in [0, 0.1) is 5.92 Å². The average molecular weight is 279 g/mol. The minimum Gasteiger partial charge on any atom is -0.320 e. The maximum atomic E-state index is 11.9. The van der Waals surface area contributed by atoms with E-state index in [9.17, 15) is 8.42 Å². The highest BCUT2D eigenvalue weighted by molar-refractivity contribution is 7.89. The Morgan fingerprint density at radius 3 is 2.28 bits per heavy atom. The molecule has 0 saturated carbocycles. The molecule has 110 valence electrons. The third-order valence-corrected chi connectivity index (χ3v) is 4.05. The summed E-state index contributed by atoms with van der Waals surface area (Å²) in [5, 5.41) is 2.96. The molecule has 2 N–H and O–H groups in total. The summed E-state index contributed by atoms with van der Waals surface area (Å²) < 4.78 is 26.7. The van der Waals surface area contributed by atoms with Gasteiger partial charge in [-0.15, -0.1) is 0 Å². The third-order valence-electron chi connectivity index (χ3n) is 2.53. The number of nitrogens with one attached hydrogen (secondary N) is 2. The number of sulfonamides is 1. The number of hydrogen-bond donors (Lipinski definition) is 2. The first kappa shape index (κ1) is 17.8. The van der Waals surface area contributed by atoms with Crippen molar-refractivity contribution in [3.63, 3.8) is 0 Å². The van der Waals surface area contributed by atoms with Crippen LogP contribution < -0.4 is 10.0 Å². The molecule has 6 heteroatoms. The van der Waals surface area contributed by atoms with Gasteiger partial charge in [0.15, 0.2) is 0 Å². The second kappa shape index (κ2) is 8.85. The molecule has 0 aromatic rings. The first-order valence-corrected chi connectivity index (χ1v) is 8.21. The lowest BCUT2D eigenvalue weighted by molar-refractivity contribution is 0.329. The molecular formula is C12H29N3O2S. The molecule has 18 heavy (non-hydrogen) atoms. The van der Waals surface area contributed by atoms with Crippen LogP contribution in [0.15, 0.2) is 0 Å². The van der Waals surface area contributed by atoms with Crippen LogP contribution in [0.3, 0.4) is 0 Å².